The highest BCUT2D eigenvalue weighted by molar-refractivity contribution is 5.92. The van der Waals surface area contributed by atoms with Gasteiger partial charge in [0.1, 0.15) is 5.75 Å². The molecule has 0 N–H and O–H groups in total. The second-order valence-corrected chi connectivity index (χ2v) is 4.64. The third kappa shape index (κ3) is 4.22. The fourth-order valence-corrected chi connectivity index (χ4v) is 1.82. The number of carbonyl (C=O) groups excluding carboxylic acids is 1. The van der Waals surface area contributed by atoms with Crippen LogP contribution in [-0.4, -0.2) is 5.97 Å². The van der Waals surface area contributed by atoms with Gasteiger partial charge in [-0.25, -0.2) is 4.79 Å². The van der Waals surface area contributed by atoms with Crippen LogP contribution in [0, 0.1) is 0 Å². The van der Waals surface area contributed by atoms with Crippen LogP contribution in [0.3, 0.4) is 0 Å². The molecule has 0 amide bonds. The Bertz CT molecular complexity index is 671. The molecule has 5 heteroatoms. The van der Waals surface area contributed by atoms with Crippen molar-refractivity contribution in [2.45, 2.75) is 13.1 Å². The van der Waals surface area contributed by atoms with E-state index in [1.807, 2.05) is 30.3 Å². The predicted molar refractivity (Wildman–Crippen MR) is 77.2 cm³/mol. The van der Waals surface area contributed by atoms with Crippen molar-refractivity contribution in [3.05, 3.63) is 71.8 Å². The Kier molecular flexibility index (Phi) is 4.65. The summed E-state index contributed by atoms with van der Waals surface area (Å²) in [6.45, 7) is 1.75. The zero-order chi connectivity index (χ0) is 16.2. The molecule has 0 atom stereocenters. The molecule has 2 nitrogen and oxygen atoms in total. The van der Waals surface area contributed by atoms with E-state index in [0.717, 1.165) is 29.8 Å². The van der Waals surface area contributed by atoms with Crippen LogP contribution in [0.15, 0.2) is 60.7 Å². The van der Waals surface area contributed by atoms with Crippen LogP contribution >= 0.6 is 0 Å². The summed E-state index contributed by atoms with van der Waals surface area (Å²) in [5, 5.41) is 0. The van der Waals surface area contributed by atoms with E-state index in [1.54, 1.807) is 6.92 Å². The SMILES string of the molecule is CC(=CC(=O)Oc1ccc(C(F)(F)F)cc1)c1ccccc1. The van der Waals surface area contributed by atoms with E-state index < -0.39 is 17.7 Å². The first-order valence-electron chi connectivity index (χ1n) is 6.49. The predicted octanol–water partition coefficient (Wildman–Crippen LogP) is 4.71. The van der Waals surface area contributed by atoms with E-state index in [9.17, 15) is 18.0 Å². The minimum Gasteiger partial charge on any atom is -0.423 e. The zero-order valence-electron chi connectivity index (χ0n) is 11.7. The summed E-state index contributed by atoms with van der Waals surface area (Å²) >= 11 is 0. The molecule has 0 saturated carbocycles. The van der Waals surface area contributed by atoms with Crippen LogP contribution in [0.4, 0.5) is 13.2 Å². The first-order chi connectivity index (χ1) is 10.4. The highest BCUT2D eigenvalue weighted by Crippen LogP contribution is 2.30. The summed E-state index contributed by atoms with van der Waals surface area (Å²) in [7, 11) is 0. The van der Waals surface area contributed by atoms with E-state index in [-0.39, 0.29) is 5.75 Å². The number of hydrogen-bond acceptors (Lipinski definition) is 2. The molecule has 0 aromatic heterocycles. The summed E-state index contributed by atoms with van der Waals surface area (Å²) in [6.07, 6.45) is -3.11. The first-order valence-corrected chi connectivity index (χ1v) is 6.49. The quantitative estimate of drug-likeness (QED) is 0.466. The summed E-state index contributed by atoms with van der Waals surface area (Å²) in [5.41, 5.74) is 0.785. The maximum absolute atomic E-state index is 12.4. The molecule has 0 fully saturated rings. The van der Waals surface area contributed by atoms with E-state index >= 15 is 0 Å². The number of benzene rings is 2. The Labute approximate surface area is 125 Å². The summed E-state index contributed by atoms with van der Waals surface area (Å²) < 4.78 is 42.3. The van der Waals surface area contributed by atoms with Crippen molar-refractivity contribution in [1.82, 2.24) is 0 Å². The molecular weight excluding hydrogens is 293 g/mol. The molecule has 0 bridgehead atoms. The van der Waals surface area contributed by atoms with Gasteiger partial charge >= 0.3 is 12.1 Å². The largest absolute Gasteiger partial charge is 0.423 e. The second-order valence-electron chi connectivity index (χ2n) is 4.64. The van der Waals surface area contributed by atoms with Crippen molar-refractivity contribution in [2.24, 2.45) is 0 Å². The molecular formula is C17H13F3O2. The smallest absolute Gasteiger partial charge is 0.416 e. The van der Waals surface area contributed by atoms with E-state index in [2.05, 4.69) is 0 Å². The molecule has 22 heavy (non-hydrogen) atoms. The van der Waals surface area contributed by atoms with Gasteiger partial charge in [-0.15, -0.1) is 0 Å². The number of alkyl halides is 3. The van der Waals surface area contributed by atoms with Crippen molar-refractivity contribution in [3.8, 4) is 5.75 Å². The van der Waals surface area contributed by atoms with Crippen LogP contribution in [0.2, 0.25) is 0 Å². The first kappa shape index (κ1) is 15.8. The Morgan fingerprint density at radius 1 is 1.00 bits per heavy atom. The van der Waals surface area contributed by atoms with Gasteiger partial charge in [0.15, 0.2) is 0 Å². The van der Waals surface area contributed by atoms with Gasteiger partial charge in [0.05, 0.1) is 5.56 Å². The topological polar surface area (TPSA) is 26.3 Å². The van der Waals surface area contributed by atoms with Crippen molar-refractivity contribution >= 4 is 11.5 Å². The number of esters is 1. The summed E-state index contributed by atoms with van der Waals surface area (Å²) in [5.74, 6) is -0.573. The molecule has 2 aromatic carbocycles. The third-order valence-electron chi connectivity index (χ3n) is 2.96. The minimum absolute atomic E-state index is 0.0649. The Morgan fingerprint density at radius 3 is 2.14 bits per heavy atom. The number of ether oxygens (including phenoxy) is 1. The normalized spacial score (nSPS) is 12.1. The van der Waals surface area contributed by atoms with Crippen molar-refractivity contribution in [1.29, 1.82) is 0 Å². The molecule has 0 spiro atoms. The van der Waals surface area contributed by atoms with E-state index in [4.69, 9.17) is 4.74 Å². The highest BCUT2D eigenvalue weighted by Gasteiger charge is 2.30. The average molecular weight is 306 g/mol. The Balaban J connectivity index is 2.06. The lowest BCUT2D eigenvalue weighted by Gasteiger charge is -2.07. The standard InChI is InChI=1S/C17H13F3O2/c1-12(13-5-3-2-4-6-13)11-16(21)22-15-9-7-14(8-10-15)17(18,19)20/h2-11H,1H3. The van der Waals surface area contributed by atoms with Crippen LogP contribution in [0.1, 0.15) is 18.1 Å². The second kappa shape index (κ2) is 6.47. The monoisotopic (exact) mass is 306 g/mol. The van der Waals surface area contributed by atoms with Gasteiger partial charge < -0.3 is 4.74 Å². The van der Waals surface area contributed by atoms with Crippen molar-refractivity contribution < 1.29 is 22.7 Å². The van der Waals surface area contributed by atoms with Gasteiger partial charge in [-0.2, -0.15) is 13.2 Å². The Morgan fingerprint density at radius 2 is 1.59 bits per heavy atom. The Hall–Kier alpha value is -2.56. The molecule has 0 unspecified atom stereocenters. The molecule has 114 valence electrons. The number of rotatable bonds is 3. The minimum atomic E-state index is -4.41. The molecule has 0 heterocycles. The van der Waals surface area contributed by atoms with E-state index in [0.29, 0.717) is 5.57 Å². The number of halogens is 3. The lowest BCUT2D eigenvalue weighted by Crippen LogP contribution is -2.07. The molecule has 0 aliphatic rings. The van der Waals surface area contributed by atoms with Crippen molar-refractivity contribution in [2.75, 3.05) is 0 Å². The van der Waals surface area contributed by atoms with Crippen LogP contribution in [0.25, 0.3) is 5.57 Å². The van der Waals surface area contributed by atoms with Gasteiger partial charge in [-0.05, 0) is 42.3 Å². The maximum atomic E-state index is 12.4. The van der Waals surface area contributed by atoms with Crippen molar-refractivity contribution in [3.63, 3.8) is 0 Å². The zero-order valence-corrected chi connectivity index (χ0v) is 11.7. The van der Waals surface area contributed by atoms with Gasteiger partial charge in [-0.1, -0.05) is 30.3 Å². The molecule has 2 aromatic rings. The van der Waals surface area contributed by atoms with Crippen LogP contribution in [0.5, 0.6) is 5.75 Å². The molecule has 0 aliphatic carbocycles. The van der Waals surface area contributed by atoms with Gasteiger partial charge in [0.2, 0.25) is 0 Å². The van der Waals surface area contributed by atoms with E-state index in [1.165, 1.54) is 6.08 Å². The fraction of sp³-hybridized carbons (Fsp3) is 0.118. The molecule has 0 radical (unpaired) electrons. The number of carbonyl (C=O) groups is 1. The summed E-state index contributed by atoms with van der Waals surface area (Å²) in [4.78, 5) is 11.8. The van der Waals surface area contributed by atoms with Gasteiger partial charge in [0, 0.05) is 6.08 Å². The lowest BCUT2D eigenvalue weighted by atomic mass is 10.1. The average Bonchev–Trinajstić information content (AvgIpc) is 2.47. The van der Waals surface area contributed by atoms with Gasteiger partial charge in [-0.3, -0.25) is 0 Å². The summed E-state index contributed by atoms with van der Waals surface area (Å²) in [6, 6.07) is 13.2. The van der Waals surface area contributed by atoms with Crippen LogP contribution < -0.4 is 4.74 Å². The maximum Gasteiger partial charge on any atom is 0.416 e. The third-order valence-corrected chi connectivity index (χ3v) is 2.96. The number of hydrogen-bond donors (Lipinski definition) is 0. The highest BCUT2D eigenvalue weighted by atomic mass is 19.4. The van der Waals surface area contributed by atoms with Gasteiger partial charge in [0.25, 0.3) is 0 Å². The number of allylic oxidation sites excluding steroid dienone is 1. The van der Waals surface area contributed by atoms with Crippen LogP contribution in [-0.2, 0) is 11.0 Å². The molecule has 2 rings (SSSR count). The fourth-order valence-electron chi connectivity index (χ4n) is 1.82. The molecule has 0 saturated heterocycles. The lowest BCUT2D eigenvalue weighted by molar-refractivity contribution is -0.137. The molecule has 0 aliphatic heterocycles.